The standard InChI is InChI=1S/C19H23N3O2S.C2HF3O2/c1-14-2-4-15(5-3-14)8-21-9-16-10-22(6-7-24-18(16)11-21)19(23)17-12-25-13-20-17;3-2(4,5)1(6)7/h2-5,12-13,16,18H,6-11H2,1H3;(H,6,7)/t16-,18-;/m1./s1. The normalized spacial score (nSPS) is 21.3. The van der Waals surface area contributed by atoms with Gasteiger partial charge in [0.1, 0.15) is 5.69 Å². The minimum atomic E-state index is -5.08. The lowest BCUT2D eigenvalue weighted by Crippen LogP contribution is -2.37. The summed E-state index contributed by atoms with van der Waals surface area (Å²) in [6.07, 6.45) is -4.86. The average Bonchev–Trinajstić information content (AvgIpc) is 3.35. The van der Waals surface area contributed by atoms with Crippen LogP contribution in [0.15, 0.2) is 35.2 Å². The summed E-state index contributed by atoms with van der Waals surface area (Å²) >= 11 is 1.46. The Morgan fingerprint density at radius 3 is 2.50 bits per heavy atom. The van der Waals surface area contributed by atoms with E-state index in [0.29, 0.717) is 24.8 Å². The van der Waals surface area contributed by atoms with Gasteiger partial charge in [-0.3, -0.25) is 9.69 Å². The summed E-state index contributed by atoms with van der Waals surface area (Å²) in [5, 5.41) is 8.95. The van der Waals surface area contributed by atoms with E-state index in [1.807, 2.05) is 10.3 Å². The predicted octanol–water partition coefficient (Wildman–Crippen LogP) is 3.06. The van der Waals surface area contributed by atoms with Crippen molar-refractivity contribution >= 4 is 23.2 Å². The lowest BCUT2D eigenvalue weighted by molar-refractivity contribution is -0.192. The second-order valence-corrected chi connectivity index (χ2v) is 8.50. The number of fused-ring (bicyclic) bond motifs is 1. The molecule has 0 radical (unpaired) electrons. The molecule has 174 valence electrons. The third-order valence-corrected chi connectivity index (χ3v) is 5.90. The van der Waals surface area contributed by atoms with Gasteiger partial charge in [0, 0.05) is 44.0 Å². The van der Waals surface area contributed by atoms with E-state index in [1.54, 1.807) is 5.51 Å². The Kier molecular flexibility index (Phi) is 7.86. The van der Waals surface area contributed by atoms with Crippen LogP contribution in [0.3, 0.4) is 0 Å². The first-order valence-electron chi connectivity index (χ1n) is 10.0. The van der Waals surface area contributed by atoms with E-state index in [9.17, 15) is 18.0 Å². The number of amides is 1. The number of thiazole rings is 1. The summed E-state index contributed by atoms with van der Waals surface area (Å²) in [5.74, 6) is -2.36. The molecule has 2 fully saturated rings. The number of ether oxygens (including phenoxy) is 1. The van der Waals surface area contributed by atoms with Crippen molar-refractivity contribution in [1.29, 1.82) is 0 Å². The van der Waals surface area contributed by atoms with E-state index >= 15 is 0 Å². The Morgan fingerprint density at radius 1 is 1.22 bits per heavy atom. The number of carboxylic acid groups (broad SMARTS) is 1. The first-order valence-corrected chi connectivity index (χ1v) is 10.9. The highest BCUT2D eigenvalue weighted by Gasteiger charge is 2.39. The van der Waals surface area contributed by atoms with Gasteiger partial charge in [0.25, 0.3) is 5.91 Å². The van der Waals surface area contributed by atoms with Crippen molar-refractivity contribution in [3.8, 4) is 0 Å². The van der Waals surface area contributed by atoms with Gasteiger partial charge in [0.2, 0.25) is 0 Å². The SMILES string of the molecule is Cc1ccc(CN2C[C@@H]3CN(C(=O)c4cscn4)CCO[C@@H]3C2)cc1.O=C(O)C(F)(F)F. The number of carbonyl (C=O) groups is 2. The molecule has 2 aliphatic heterocycles. The highest BCUT2D eigenvalue weighted by atomic mass is 32.1. The molecule has 3 heterocycles. The Bertz CT molecular complexity index is 906. The lowest BCUT2D eigenvalue weighted by Gasteiger charge is -2.23. The van der Waals surface area contributed by atoms with Crippen molar-refractivity contribution in [2.45, 2.75) is 25.7 Å². The van der Waals surface area contributed by atoms with Crippen LogP contribution < -0.4 is 0 Å². The molecule has 1 N–H and O–H groups in total. The van der Waals surface area contributed by atoms with Gasteiger partial charge in [0.15, 0.2) is 0 Å². The number of benzene rings is 1. The molecule has 1 amide bonds. The maximum atomic E-state index is 12.6. The van der Waals surface area contributed by atoms with Crippen molar-refractivity contribution < 1.29 is 32.6 Å². The number of nitrogens with zero attached hydrogens (tertiary/aromatic N) is 3. The Morgan fingerprint density at radius 2 is 1.91 bits per heavy atom. The van der Waals surface area contributed by atoms with Crippen LogP contribution in [0, 0.1) is 12.8 Å². The van der Waals surface area contributed by atoms with Crippen molar-refractivity contribution in [3.63, 3.8) is 0 Å². The van der Waals surface area contributed by atoms with Gasteiger partial charge < -0.3 is 14.7 Å². The molecule has 1 aromatic carbocycles. The minimum Gasteiger partial charge on any atom is -0.475 e. The van der Waals surface area contributed by atoms with E-state index in [1.165, 1.54) is 22.5 Å². The first-order chi connectivity index (χ1) is 15.1. The van der Waals surface area contributed by atoms with Gasteiger partial charge in [0.05, 0.1) is 18.2 Å². The van der Waals surface area contributed by atoms with E-state index in [2.05, 4.69) is 41.1 Å². The number of halogens is 3. The number of hydrogen-bond donors (Lipinski definition) is 1. The Labute approximate surface area is 187 Å². The second-order valence-electron chi connectivity index (χ2n) is 7.78. The predicted molar refractivity (Wildman–Crippen MR) is 111 cm³/mol. The largest absolute Gasteiger partial charge is 0.490 e. The summed E-state index contributed by atoms with van der Waals surface area (Å²) in [6, 6.07) is 8.72. The van der Waals surface area contributed by atoms with Gasteiger partial charge in [-0.05, 0) is 12.5 Å². The van der Waals surface area contributed by atoms with Crippen LogP contribution in [0.1, 0.15) is 21.6 Å². The number of hydrogen-bond acceptors (Lipinski definition) is 6. The van der Waals surface area contributed by atoms with E-state index in [4.69, 9.17) is 14.6 Å². The van der Waals surface area contributed by atoms with Gasteiger partial charge >= 0.3 is 12.1 Å². The molecule has 2 atom stereocenters. The van der Waals surface area contributed by atoms with E-state index < -0.39 is 12.1 Å². The van der Waals surface area contributed by atoms with Gasteiger partial charge in [-0.25, -0.2) is 9.78 Å². The zero-order valence-corrected chi connectivity index (χ0v) is 18.2. The summed E-state index contributed by atoms with van der Waals surface area (Å²) < 4.78 is 37.8. The molecule has 32 heavy (non-hydrogen) atoms. The topological polar surface area (TPSA) is 83.0 Å². The fourth-order valence-electron chi connectivity index (χ4n) is 3.73. The number of aliphatic carboxylic acids is 1. The highest BCUT2D eigenvalue weighted by molar-refractivity contribution is 7.07. The zero-order chi connectivity index (χ0) is 23.3. The van der Waals surface area contributed by atoms with Crippen LogP contribution in [0.25, 0.3) is 0 Å². The molecule has 2 saturated heterocycles. The molecule has 0 bridgehead atoms. The van der Waals surface area contributed by atoms with Crippen LogP contribution in [0.4, 0.5) is 13.2 Å². The van der Waals surface area contributed by atoms with Crippen LogP contribution >= 0.6 is 11.3 Å². The van der Waals surface area contributed by atoms with Crippen LogP contribution in [0.5, 0.6) is 0 Å². The molecular formula is C21H24F3N3O4S. The van der Waals surface area contributed by atoms with Gasteiger partial charge in [-0.15, -0.1) is 11.3 Å². The second kappa shape index (κ2) is 10.4. The van der Waals surface area contributed by atoms with Crippen LogP contribution in [-0.2, 0) is 16.1 Å². The number of aromatic nitrogens is 1. The monoisotopic (exact) mass is 471 g/mol. The molecule has 0 unspecified atom stereocenters. The average molecular weight is 472 g/mol. The van der Waals surface area contributed by atoms with Crippen LogP contribution in [-0.4, -0.2) is 76.8 Å². The molecule has 0 spiro atoms. The van der Waals surface area contributed by atoms with Crippen molar-refractivity contribution in [2.24, 2.45) is 5.92 Å². The molecule has 0 saturated carbocycles. The summed E-state index contributed by atoms with van der Waals surface area (Å²) in [6.45, 7) is 6.98. The minimum absolute atomic E-state index is 0.0301. The molecule has 2 aliphatic rings. The van der Waals surface area contributed by atoms with Crippen molar-refractivity contribution in [1.82, 2.24) is 14.8 Å². The maximum absolute atomic E-state index is 12.6. The summed E-state index contributed by atoms with van der Waals surface area (Å²) in [5.41, 5.74) is 4.88. The van der Waals surface area contributed by atoms with E-state index in [-0.39, 0.29) is 12.0 Å². The van der Waals surface area contributed by atoms with E-state index in [0.717, 1.165) is 26.2 Å². The Hall–Kier alpha value is -2.50. The molecule has 2 aromatic rings. The number of likely N-dealkylation sites (tertiary alicyclic amines) is 1. The number of rotatable bonds is 3. The number of alkyl halides is 3. The number of aryl methyl sites for hydroxylation is 1. The summed E-state index contributed by atoms with van der Waals surface area (Å²) in [4.78, 5) is 30.0. The molecule has 11 heteroatoms. The third-order valence-electron chi connectivity index (χ3n) is 5.31. The number of carbonyl (C=O) groups excluding carboxylic acids is 1. The molecule has 7 nitrogen and oxygen atoms in total. The molecule has 0 aliphatic carbocycles. The maximum Gasteiger partial charge on any atom is 0.490 e. The number of carboxylic acids is 1. The van der Waals surface area contributed by atoms with Gasteiger partial charge in [-0.2, -0.15) is 13.2 Å². The fraction of sp³-hybridized carbons (Fsp3) is 0.476. The third kappa shape index (κ3) is 6.50. The summed E-state index contributed by atoms with van der Waals surface area (Å²) in [7, 11) is 0. The zero-order valence-electron chi connectivity index (χ0n) is 17.4. The van der Waals surface area contributed by atoms with Crippen LogP contribution in [0.2, 0.25) is 0 Å². The smallest absolute Gasteiger partial charge is 0.475 e. The highest BCUT2D eigenvalue weighted by Crippen LogP contribution is 2.26. The van der Waals surface area contributed by atoms with Crippen molar-refractivity contribution in [2.75, 3.05) is 32.8 Å². The van der Waals surface area contributed by atoms with Gasteiger partial charge in [-0.1, -0.05) is 29.8 Å². The van der Waals surface area contributed by atoms with Crippen molar-refractivity contribution in [3.05, 3.63) is 52.0 Å². The molecule has 4 rings (SSSR count). The Balaban J connectivity index is 0.000000360. The molecular weight excluding hydrogens is 447 g/mol. The quantitative estimate of drug-likeness (QED) is 0.741. The first kappa shape index (κ1) is 24.1. The lowest BCUT2D eigenvalue weighted by atomic mass is 10.1. The fourth-order valence-corrected chi connectivity index (χ4v) is 4.25. The molecule has 1 aromatic heterocycles.